The molecule has 0 aliphatic heterocycles. The van der Waals surface area contributed by atoms with Gasteiger partial charge in [0.1, 0.15) is 6.10 Å². The molecular formula is C6H12O4. The lowest BCUT2D eigenvalue weighted by molar-refractivity contribution is -0.0302. The van der Waals surface area contributed by atoms with E-state index in [1.165, 1.54) is 0 Å². The van der Waals surface area contributed by atoms with Crippen molar-refractivity contribution in [1.82, 2.24) is 0 Å². The highest BCUT2D eigenvalue weighted by Crippen LogP contribution is 2.25. The quantitative estimate of drug-likeness (QED) is 0.349. The molecular weight excluding hydrogens is 136 g/mol. The summed E-state index contributed by atoms with van der Waals surface area (Å²) in [6.45, 7) is -0.185. The van der Waals surface area contributed by atoms with E-state index in [-0.39, 0.29) is 18.9 Å². The minimum absolute atomic E-state index is 0.185. The fourth-order valence-corrected chi connectivity index (χ4v) is 1.28. The van der Waals surface area contributed by atoms with Gasteiger partial charge in [-0.3, -0.25) is 0 Å². The molecule has 4 nitrogen and oxygen atoms in total. The largest absolute Gasteiger partial charge is 0.396 e. The van der Waals surface area contributed by atoms with Crippen LogP contribution in [0, 0.1) is 5.92 Å². The van der Waals surface area contributed by atoms with Crippen LogP contribution in [-0.4, -0.2) is 45.3 Å². The van der Waals surface area contributed by atoms with E-state index >= 15 is 0 Å². The van der Waals surface area contributed by atoms with Gasteiger partial charge in [-0.05, 0) is 6.42 Å². The third kappa shape index (κ3) is 1.15. The third-order valence-corrected chi connectivity index (χ3v) is 2.01. The molecule has 0 spiro atoms. The third-order valence-electron chi connectivity index (χ3n) is 2.01. The zero-order valence-electron chi connectivity index (χ0n) is 5.51. The van der Waals surface area contributed by atoms with E-state index in [1.54, 1.807) is 0 Å². The van der Waals surface area contributed by atoms with Gasteiger partial charge in [0, 0.05) is 12.5 Å². The maximum absolute atomic E-state index is 9.06. The molecule has 0 amide bonds. The van der Waals surface area contributed by atoms with Crippen LogP contribution < -0.4 is 0 Å². The van der Waals surface area contributed by atoms with Crippen LogP contribution in [0.1, 0.15) is 6.42 Å². The SMILES string of the molecule is OC[C@H]1C[C@@H](O)[C@@H](O)[C@H]1O. The molecule has 0 aromatic rings. The Morgan fingerprint density at radius 2 is 1.70 bits per heavy atom. The standard InChI is InChI=1S/C6H12O4/c7-2-3-1-4(8)6(10)5(3)9/h3-10H,1-2H2/t3-,4-,5+,6-/m1/s1. The van der Waals surface area contributed by atoms with Crippen molar-refractivity contribution < 1.29 is 20.4 Å². The van der Waals surface area contributed by atoms with E-state index in [2.05, 4.69) is 0 Å². The Morgan fingerprint density at radius 1 is 1.10 bits per heavy atom. The molecule has 10 heavy (non-hydrogen) atoms. The van der Waals surface area contributed by atoms with Gasteiger partial charge in [0.2, 0.25) is 0 Å². The maximum atomic E-state index is 9.06. The van der Waals surface area contributed by atoms with Crippen LogP contribution in [0.3, 0.4) is 0 Å². The number of aliphatic hydroxyl groups excluding tert-OH is 4. The molecule has 0 heterocycles. The predicted octanol–water partition coefficient (Wildman–Crippen LogP) is -1.92. The molecule has 1 aliphatic rings. The van der Waals surface area contributed by atoms with Crippen molar-refractivity contribution in [2.45, 2.75) is 24.7 Å². The first-order chi connectivity index (χ1) is 4.66. The molecule has 0 aromatic heterocycles. The Morgan fingerprint density at radius 3 is 1.90 bits per heavy atom. The molecule has 0 radical (unpaired) electrons. The summed E-state index contributed by atoms with van der Waals surface area (Å²) in [7, 11) is 0. The van der Waals surface area contributed by atoms with Gasteiger partial charge < -0.3 is 20.4 Å². The van der Waals surface area contributed by atoms with Gasteiger partial charge in [0.15, 0.2) is 0 Å². The summed E-state index contributed by atoms with van der Waals surface area (Å²) in [6.07, 6.45) is -2.66. The van der Waals surface area contributed by atoms with Crippen LogP contribution in [0.25, 0.3) is 0 Å². The second-order valence-corrected chi connectivity index (χ2v) is 2.73. The van der Waals surface area contributed by atoms with Crippen molar-refractivity contribution in [3.05, 3.63) is 0 Å². The highest BCUT2D eigenvalue weighted by molar-refractivity contribution is 4.90. The summed E-state index contributed by atoms with van der Waals surface area (Å²) < 4.78 is 0. The van der Waals surface area contributed by atoms with Gasteiger partial charge in [0.05, 0.1) is 12.2 Å². The van der Waals surface area contributed by atoms with Crippen LogP contribution in [-0.2, 0) is 0 Å². The first-order valence-corrected chi connectivity index (χ1v) is 3.32. The topological polar surface area (TPSA) is 80.9 Å². The van der Waals surface area contributed by atoms with Crippen molar-refractivity contribution in [2.75, 3.05) is 6.61 Å². The normalized spacial score (nSPS) is 48.0. The lowest BCUT2D eigenvalue weighted by Gasteiger charge is -2.12. The molecule has 4 heteroatoms. The van der Waals surface area contributed by atoms with Gasteiger partial charge in [-0.1, -0.05) is 0 Å². The summed E-state index contributed by atoms with van der Waals surface area (Å²) in [5.41, 5.74) is 0. The molecule has 0 saturated heterocycles. The Balaban J connectivity index is 2.53. The van der Waals surface area contributed by atoms with E-state index < -0.39 is 18.3 Å². The monoisotopic (exact) mass is 148 g/mol. The molecule has 4 N–H and O–H groups in total. The Bertz CT molecular complexity index is 116. The number of hydrogen-bond acceptors (Lipinski definition) is 4. The van der Waals surface area contributed by atoms with Gasteiger partial charge >= 0.3 is 0 Å². The smallest absolute Gasteiger partial charge is 0.106 e. The molecule has 0 bridgehead atoms. The minimum Gasteiger partial charge on any atom is -0.396 e. The predicted molar refractivity (Wildman–Crippen MR) is 33.2 cm³/mol. The van der Waals surface area contributed by atoms with Gasteiger partial charge in [-0.2, -0.15) is 0 Å². The molecule has 1 fully saturated rings. The van der Waals surface area contributed by atoms with Crippen molar-refractivity contribution in [3.8, 4) is 0 Å². The fraction of sp³-hybridized carbons (Fsp3) is 1.00. The average Bonchev–Trinajstić information content (AvgIpc) is 2.17. The van der Waals surface area contributed by atoms with E-state index in [4.69, 9.17) is 20.4 Å². The first-order valence-electron chi connectivity index (χ1n) is 3.32. The molecule has 1 rings (SSSR count). The fourth-order valence-electron chi connectivity index (χ4n) is 1.28. The second kappa shape index (κ2) is 2.84. The minimum atomic E-state index is -1.09. The van der Waals surface area contributed by atoms with Crippen molar-refractivity contribution in [3.63, 3.8) is 0 Å². The lowest BCUT2D eigenvalue weighted by Crippen LogP contribution is -2.31. The summed E-state index contributed by atoms with van der Waals surface area (Å²) in [5, 5.41) is 35.6. The van der Waals surface area contributed by atoms with Crippen LogP contribution in [0.4, 0.5) is 0 Å². The zero-order chi connectivity index (χ0) is 7.72. The average molecular weight is 148 g/mol. The molecule has 1 saturated carbocycles. The molecule has 4 atom stereocenters. The molecule has 1 aliphatic carbocycles. The van der Waals surface area contributed by atoms with Crippen molar-refractivity contribution in [2.24, 2.45) is 5.92 Å². The van der Waals surface area contributed by atoms with E-state index in [1.807, 2.05) is 0 Å². The lowest BCUT2D eigenvalue weighted by atomic mass is 10.1. The summed E-state index contributed by atoms with van der Waals surface area (Å²) >= 11 is 0. The summed E-state index contributed by atoms with van der Waals surface area (Å²) in [5.74, 6) is -0.370. The number of hydrogen-bond donors (Lipinski definition) is 4. The van der Waals surface area contributed by atoms with Crippen molar-refractivity contribution >= 4 is 0 Å². The second-order valence-electron chi connectivity index (χ2n) is 2.73. The summed E-state index contributed by atoms with van der Waals surface area (Å²) in [4.78, 5) is 0. The molecule has 0 unspecified atom stereocenters. The first kappa shape index (κ1) is 7.94. The van der Waals surface area contributed by atoms with Crippen LogP contribution in [0.15, 0.2) is 0 Å². The Kier molecular flexibility index (Phi) is 2.25. The number of aliphatic hydroxyl groups is 4. The van der Waals surface area contributed by atoms with Gasteiger partial charge in [-0.25, -0.2) is 0 Å². The summed E-state index contributed by atoms with van der Waals surface area (Å²) in [6, 6.07) is 0. The van der Waals surface area contributed by atoms with E-state index in [0.717, 1.165) is 0 Å². The van der Waals surface area contributed by atoms with E-state index in [9.17, 15) is 0 Å². The maximum Gasteiger partial charge on any atom is 0.106 e. The van der Waals surface area contributed by atoms with Crippen molar-refractivity contribution in [1.29, 1.82) is 0 Å². The van der Waals surface area contributed by atoms with Gasteiger partial charge in [0.25, 0.3) is 0 Å². The van der Waals surface area contributed by atoms with E-state index in [0.29, 0.717) is 0 Å². The Labute approximate surface area is 58.7 Å². The Hall–Kier alpha value is -0.160. The highest BCUT2D eigenvalue weighted by atomic mass is 16.4. The van der Waals surface area contributed by atoms with Crippen LogP contribution in [0.5, 0.6) is 0 Å². The molecule has 0 aromatic carbocycles. The molecule has 60 valence electrons. The number of rotatable bonds is 1. The highest BCUT2D eigenvalue weighted by Gasteiger charge is 2.39. The van der Waals surface area contributed by atoms with Gasteiger partial charge in [-0.15, -0.1) is 0 Å². The zero-order valence-corrected chi connectivity index (χ0v) is 5.51. The van der Waals surface area contributed by atoms with Crippen LogP contribution in [0.2, 0.25) is 0 Å². The van der Waals surface area contributed by atoms with Crippen LogP contribution >= 0.6 is 0 Å².